The van der Waals surface area contributed by atoms with Gasteiger partial charge in [0.25, 0.3) is 0 Å². The number of Topliss-reactive ketones (excluding diaryl/α,β-unsaturated/α-hetero) is 1. The van der Waals surface area contributed by atoms with Gasteiger partial charge in [0, 0.05) is 0 Å². The highest BCUT2D eigenvalue weighted by Gasteiger charge is 2.63. The van der Waals surface area contributed by atoms with Gasteiger partial charge in [0.2, 0.25) is 0 Å². The Balaban J connectivity index is 2.23. The Morgan fingerprint density at radius 1 is 0.960 bits per heavy atom. The lowest BCUT2D eigenvalue weighted by molar-refractivity contribution is -0.305. The summed E-state index contributed by atoms with van der Waals surface area (Å²) in [6.45, 7) is 1.32. The normalized spacial score (nSPS) is 13.4. The minimum atomic E-state index is -6.00. The SMILES string of the molecule is CC(=O)c1ccccc1Oc1ccc(C(F)C(F)(F)C(F)(F)F)cc1. The van der Waals surface area contributed by atoms with Gasteiger partial charge in [-0.3, -0.25) is 4.79 Å². The lowest BCUT2D eigenvalue weighted by Crippen LogP contribution is -2.40. The number of ketones is 1. The fourth-order valence-electron chi connectivity index (χ4n) is 2.03. The quantitative estimate of drug-likeness (QED) is 0.490. The molecule has 0 aliphatic heterocycles. The monoisotopic (exact) mass is 362 g/mol. The van der Waals surface area contributed by atoms with Crippen LogP contribution in [0.15, 0.2) is 48.5 Å². The van der Waals surface area contributed by atoms with Crippen LogP contribution in [0.3, 0.4) is 0 Å². The average molecular weight is 362 g/mol. The van der Waals surface area contributed by atoms with Gasteiger partial charge in [0.15, 0.2) is 12.0 Å². The lowest BCUT2D eigenvalue weighted by Gasteiger charge is -2.23. The van der Waals surface area contributed by atoms with E-state index in [0.717, 1.165) is 24.3 Å². The van der Waals surface area contributed by atoms with Crippen molar-refractivity contribution in [3.63, 3.8) is 0 Å². The highest BCUT2D eigenvalue weighted by Crippen LogP contribution is 2.46. The third kappa shape index (κ3) is 3.94. The fourth-order valence-corrected chi connectivity index (χ4v) is 2.03. The first-order chi connectivity index (χ1) is 11.5. The summed E-state index contributed by atoms with van der Waals surface area (Å²) in [5, 5.41) is 0. The molecule has 1 atom stereocenters. The minimum Gasteiger partial charge on any atom is -0.457 e. The predicted octanol–water partition coefficient (Wildman–Crippen LogP) is 5.89. The number of hydrogen-bond acceptors (Lipinski definition) is 2. The van der Waals surface area contributed by atoms with Gasteiger partial charge >= 0.3 is 12.1 Å². The zero-order valence-electron chi connectivity index (χ0n) is 12.8. The van der Waals surface area contributed by atoms with Gasteiger partial charge in [0.1, 0.15) is 11.5 Å². The minimum absolute atomic E-state index is 0.0555. The highest BCUT2D eigenvalue weighted by atomic mass is 19.4. The third-order valence-corrected chi connectivity index (χ3v) is 3.36. The van der Waals surface area contributed by atoms with Gasteiger partial charge in [-0.05, 0) is 36.8 Å². The zero-order valence-corrected chi connectivity index (χ0v) is 12.8. The van der Waals surface area contributed by atoms with Crippen LogP contribution in [0.5, 0.6) is 11.5 Å². The summed E-state index contributed by atoms with van der Waals surface area (Å²) in [5.74, 6) is -5.54. The Hall–Kier alpha value is -2.51. The van der Waals surface area contributed by atoms with E-state index in [9.17, 15) is 31.1 Å². The van der Waals surface area contributed by atoms with Gasteiger partial charge in [-0.2, -0.15) is 22.0 Å². The molecular weight excluding hydrogens is 350 g/mol. The van der Waals surface area contributed by atoms with Gasteiger partial charge in [0.05, 0.1) is 5.56 Å². The van der Waals surface area contributed by atoms with Crippen LogP contribution in [-0.4, -0.2) is 17.9 Å². The summed E-state index contributed by atoms with van der Waals surface area (Å²) >= 11 is 0. The van der Waals surface area contributed by atoms with Crippen molar-refractivity contribution in [3.8, 4) is 11.5 Å². The molecule has 0 aromatic heterocycles. The number of carbonyl (C=O) groups is 1. The fraction of sp³-hybridized carbons (Fsp3) is 0.235. The van der Waals surface area contributed by atoms with E-state index in [2.05, 4.69) is 0 Å². The summed E-state index contributed by atoms with van der Waals surface area (Å²) in [4.78, 5) is 11.5. The van der Waals surface area contributed by atoms with Crippen molar-refractivity contribution in [1.29, 1.82) is 0 Å². The molecule has 0 aliphatic rings. The van der Waals surface area contributed by atoms with E-state index in [-0.39, 0.29) is 22.8 Å². The Kier molecular flexibility index (Phi) is 5.10. The maximum atomic E-state index is 13.6. The molecule has 25 heavy (non-hydrogen) atoms. The number of rotatable bonds is 5. The van der Waals surface area contributed by atoms with Crippen molar-refractivity contribution in [2.75, 3.05) is 0 Å². The van der Waals surface area contributed by atoms with Crippen molar-refractivity contribution in [1.82, 2.24) is 0 Å². The van der Waals surface area contributed by atoms with E-state index in [0.29, 0.717) is 0 Å². The van der Waals surface area contributed by atoms with Gasteiger partial charge < -0.3 is 4.74 Å². The predicted molar refractivity (Wildman–Crippen MR) is 77.8 cm³/mol. The molecule has 2 aromatic carbocycles. The van der Waals surface area contributed by atoms with E-state index in [1.807, 2.05) is 0 Å². The average Bonchev–Trinajstić information content (AvgIpc) is 2.54. The van der Waals surface area contributed by atoms with Crippen molar-refractivity contribution < 1.29 is 35.9 Å². The maximum Gasteiger partial charge on any atom is 0.456 e. The summed E-state index contributed by atoms with van der Waals surface area (Å²) in [6, 6.07) is 9.84. The number of halogens is 6. The molecule has 134 valence electrons. The molecule has 0 spiro atoms. The van der Waals surface area contributed by atoms with Crippen LogP contribution in [0.25, 0.3) is 0 Å². The molecule has 0 aliphatic carbocycles. The summed E-state index contributed by atoms with van der Waals surface area (Å²) < 4.78 is 81.7. The van der Waals surface area contributed by atoms with Crippen LogP contribution in [0.2, 0.25) is 0 Å². The van der Waals surface area contributed by atoms with Gasteiger partial charge in [-0.15, -0.1) is 0 Å². The van der Waals surface area contributed by atoms with Crippen LogP contribution in [0, 0.1) is 0 Å². The summed E-state index contributed by atoms with van der Waals surface area (Å²) in [6.07, 6.45) is -9.53. The Bertz CT molecular complexity index is 752. The molecule has 0 fully saturated rings. The number of para-hydroxylation sites is 1. The third-order valence-electron chi connectivity index (χ3n) is 3.36. The lowest BCUT2D eigenvalue weighted by atomic mass is 10.0. The molecule has 0 saturated heterocycles. The number of hydrogen-bond donors (Lipinski definition) is 0. The first-order valence-corrected chi connectivity index (χ1v) is 7.00. The first kappa shape index (κ1) is 18.8. The molecule has 0 radical (unpaired) electrons. The second-order valence-corrected chi connectivity index (χ2v) is 5.21. The topological polar surface area (TPSA) is 26.3 Å². The Labute approximate surface area is 139 Å². The Morgan fingerprint density at radius 2 is 1.52 bits per heavy atom. The van der Waals surface area contributed by atoms with Crippen LogP contribution >= 0.6 is 0 Å². The number of benzene rings is 2. The largest absolute Gasteiger partial charge is 0.457 e. The summed E-state index contributed by atoms with van der Waals surface area (Å²) in [7, 11) is 0. The van der Waals surface area contributed by atoms with Crippen LogP contribution in [0.4, 0.5) is 26.3 Å². The first-order valence-electron chi connectivity index (χ1n) is 7.00. The molecule has 2 aromatic rings. The molecule has 2 rings (SSSR count). The van der Waals surface area contributed by atoms with Crippen molar-refractivity contribution >= 4 is 5.78 Å². The van der Waals surface area contributed by atoms with Crippen molar-refractivity contribution in [3.05, 3.63) is 59.7 Å². The molecule has 0 bridgehead atoms. The molecule has 0 saturated carbocycles. The van der Waals surface area contributed by atoms with E-state index in [4.69, 9.17) is 4.74 Å². The van der Waals surface area contributed by atoms with Crippen LogP contribution in [-0.2, 0) is 0 Å². The summed E-state index contributed by atoms with van der Waals surface area (Å²) in [5.41, 5.74) is -0.576. The molecule has 8 heteroatoms. The van der Waals surface area contributed by atoms with E-state index >= 15 is 0 Å². The molecule has 0 amide bonds. The van der Waals surface area contributed by atoms with Crippen LogP contribution in [0.1, 0.15) is 29.0 Å². The molecule has 0 N–H and O–H groups in total. The second-order valence-electron chi connectivity index (χ2n) is 5.21. The standard InChI is InChI=1S/C17H12F6O2/c1-10(24)13-4-2-3-5-14(13)25-12-8-6-11(7-9-12)15(18)16(19,20)17(21,22)23/h2-9,15H,1H3. The molecular formula is C17H12F6O2. The van der Waals surface area contributed by atoms with E-state index in [1.54, 1.807) is 12.1 Å². The Morgan fingerprint density at radius 3 is 2.04 bits per heavy atom. The van der Waals surface area contributed by atoms with E-state index < -0.39 is 23.8 Å². The number of ether oxygens (including phenoxy) is 1. The molecule has 1 unspecified atom stereocenters. The highest BCUT2D eigenvalue weighted by molar-refractivity contribution is 5.96. The zero-order chi connectivity index (χ0) is 18.8. The smallest absolute Gasteiger partial charge is 0.456 e. The number of carbonyl (C=O) groups excluding carboxylic acids is 1. The molecule has 0 heterocycles. The van der Waals surface area contributed by atoms with Gasteiger partial charge in [-0.1, -0.05) is 24.3 Å². The van der Waals surface area contributed by atoms with Crippen molar-refractivity contribution in [2.45, 2.75) is 25.2 Å². The van der Waals surface area contributed by atoms with Crippen molar-refractivity contribution in [2.24, 2.45) is 0 Å². The van der Waals surface area contributed by atoms with Gasteiger partial charge in [-0.25, -0.2) is 4.39 Å². The number of alkyl halides is 6. The maximum absolute atomic E-state index is 13.6. The second kappa shape index (κ2) is 6.78. The van der Waals surface area contributed by atoms with Crippen LogP contribution < -0.4 is 4.74 Å². The molecule has 2 nitrogen and oxygen atoms in total. The van der Waals surface area contributed by atoms with E-state index in [1.165, 1.54) is 19.1 Å².